The molecule has 0 aliphatic heterocycles. The molecule has 8 heteroatoms. The van der Waals surface area contributed by atoms with Crippen LogP contribution in [0.15, 0.2) is 112 Å². The predicted octanol–water partition coefficient (Wildman–Crippen LogP) is 7.65. The van der Waals surface area contributed by atoms with Gasteiger partial charge in [0.05, 0.1) is 5.39 Å². The molecule has 0 saturated carbocycles. The lowest BCUT2D eigenvalue weighted by Crippen LogP contribution is -2.20. The van der Waals surface area contributed by atoms with Crippen LogP contribution in [0.25, 0.3) is 11.0 Å². The minimum absolute atomic E-state index is 0.0607. The van der Waals surface area contributed by atoms with E-state index in [4.69, 9.17) is 13.9 Å². The van der Waals surface area contributed by atoms with Gasteiger partial charge in [0.15, 0.2) is 0 Å². The van der Waals surface area contributed by atoms with Crippen LogP contribution >= 0.6 is 0 Å². The van der Waals surface area contributed by atoms with E-state index >= 15 is 0 Å². The third kappa shape index (κ3) is 5.55. The van der Waals surface area contributed by atoms with Crippen LogP contribution in [0.2, 0.25) is 0 Å². The minimum atomic E-state index is -5.02. The monoisotopic (exact) mass is 530 g/mol. The molecule has 0 saturated heterocycles. The van der Waals surface area contributed by atoms with Crippen molar-refractivity contribution in [2.75, 3.05) is 0 Å². The Labute approximate surface area is 221 Å². The number of hydrogen-bond acceptors (Lipinski definition) is 5. The molecule has 5 nitrogen and oxygen atoms in total. The van der Waals surface area contributed by atoms with Crippen LogP contribution in [0, 0.1) is 6.92 Å². The number of benzene rings is 4. The van der Waals surface area contributed by atoms with E-state index < -0.39 is 40.6 Å². The molecule has 0 spiro atoms. The molecular weight excluding hydrogens is 509 g/mol. The van der Waals surface area contributed by atoms with Crippen molar-refractivity contribution in [3.05, 3.63) is 136 Å². The summed E-state index contributed by atoms with van der Waals surface area (Å²) in [5, 5.41) is -0.159. The molecule has 0 bridgehead atoms. The molecule has 0 fully saturated rings. The second kappa shape index (κ2) is 10.5. The molecule has 39 heavy (non-hydrogen) atoms. The maximum absolute atomic E-state index is 13.9. The summed E-state index contributed by atoms with van der Waals surface area (Å²) in [6.07, 6.45) is -5.02. The quantitative estimate of drug-likeness (QED) is 0.167. The molecule has 196 valence electrons. The van der Waals surface area contributed by atoms with E-state index in [0.717, 1.165) is 11.6 Å². The molecule has 1 aromatic heterocycles. The topological polar surface area (TPSA) is 65.7 Å². The number of hydrogen-bond donors (Lipinski definition) is 0. The summed E-state index contributed by atoms with van der Waals surface area (Å²) in [7, 11) is 0. The van der Waals surface area contributed by atoms with Gasteiger partial charge < -0.3 is 13.9 Å². The summed E-state index contributed by atoms with van der Waals surface area (Å²) < 4.78 is 57.9. The van der Waals surface area contributed by atoms with Gasteiger partial charge in [0.2, 0.25) is 11.2 Å². The van der Waals surface area contributed by atoms with Gasteiger partial charge in [-0.25, -0.2) is 0 Å². The number of esters is 1. The third-order valence-electron chi connectivity index (χ3n) is 6.01. The smallest absolute Gasteiger partial charge is 0.449 e. The Kier molecular flexibility index (Phi) is 6.94. The first-order valence-corrected chi connectivity index (χ1v) is 11.9. The molecule has 0 amide bonds. The first-order chi connectivity index (χ1) is 18.7. The molecule has 0 N–H and O–H groups in total. The Morgan fingerprint density at radius 1 is 0.795 bits per heavy atom. The molecule has 5 aromatic rings. The third-order valence-corrected chi connectivity index (χ3v) is 6.01. The van der Waals surface area contributed by atoms with E-state index in [1.54, 1.807) is 67.6 Å². The number of aryl methyl sites for hydroxylation is 1. The van der Waals surface area contributed by atoms with Gasteiger partial charge >= 0.3 is 12.1 Å². The van der Waals surface area contributed by atoms with Gasteiger partial charge in [0, 0.05) is 6.07 Å². The second-order valence-corrected chi connectivity index (χ2v) is 8.84. The Bertz CT molecular complexity index is 1650. The van der Waals surface area contributed by atoms with E-state index in [1.165, 1.54) is 24.3 Å². The Morgan fingerprint density at radius 3 is 2.03 bits per heavy atom. The first kappa shape index (κ1) is 25.8. The standard InChI is InChI=1S/C31H21F3O5/c1-19-9-8-14-22(17-19)37-28-27(35)24-16-15-23(18-25(24)39-29(28)31(32,33)34)38-30(36)26(20-10-4-2-5-11-20)21-12-6-3-7-13-21/h2-18,26H,1H3. The maximum atomic E-state index is 13.9. The second-order valence-electron chi connectivity index (χ2n) is 8.84. The van der Waals surface area contributed by atoms with Crippen molar-refractivity contribution < 1.29 is 31.9 Å². The predicted molar refractivity (Wildman–Crippen MR) is 139 cm³/mol. The van der Waals surface area contributed by atoms with Crippen LogP contribution in [0.5, 0.6) is 17.2 Å². The molecule has 0 atom stereocenters. The Hall–Kier alpha value is -4.85. The zero-order valence-electron chi connectivity index (χ0n) is 20.6. The summed E-state index contributed by atoms with van der Waals surface area (Å²) in [4.78, 5) is 26.4. The van der Waals surface area contributed by atoms with E-state index in [1.807, 2.05) is 12.1 Å². The average molecular weight is 530 g/mol. The Balaban J connectivity index is 1.53. The van der Waals surface area contributed by atoms with Crippen LogP contribution in [-0.2, 0) is 11.0 Å². The highest BCUT2D eigenvalue weighted by Crippen LogP contribution is 2.39. The van der Waals surface area contributed by atoms with Crippen molar-refractivity contribution >= 4 is 16.9 Å². The molecule has 1 heterocycles. The molecule has 0 aliphatic carbocycles. The van der Waals surface area contributed by atoms with Crippen LogP contribution in [0.1, 0.15) is 28.4 Å². The van der Waals surface area contributed by atoms with E-state index in [0.29, 0.717) is 11.1 Å². The summed E-state index contributed by atoms with van der Waals surface area (Å²) in [6, 6.07) is 27.9. The number of carbonyl (C=O) groups excluding carboxylic acids is 1. The molecule has 0 radical (unpaired) electrons. The summed E-state index contributed by atoms with van der Waals surface area (Å²) in [5.41, 5.74) is 0.693. The van der Waals surface area contributed by atoms with Gasteiger partial charge in [-0.15, -0.1) is 0 Å². The van der Waals surface area contributed by atoms with Crippen LogP contribution in [0.4, 0.5) is 13.2 Å². The van der Waals surface area contributed by atoms with Crippen LogP contribution < -0.4 is 14.9 Å². The summed E-state index contributed by atoms with van der Waals surface area (Å²) >= 11 is 0. The minimum Gasteiger partial charge on any atom is -0.449 e. The lowest BCUT2D eigenvalue weighted by atomic mass is 9.91. The lowest BCUT2D eigenvalue weighted by molar-refractivity contribution is -0.154. The first-order valence-electron chi connectivity index (χ1n) is 11.9. The number of alkyl halides is 3. The van der Waals surface area contributed by atoms with E-state index in [2.05, 4.69) is 0 Å². The highest BCUT2D eigenvalue weighted by molar-refractivity contribution is 5.86. The van der Waals surface area contributed by atoms with Gasteiger partial charge in [0.25, 0.3) is 5.76 Å². The number of halogens is 3. The van der Waals surface area contributed by atoms with Crippen molar-refractivity contribution in [3.8, 4) is 17.2 Å². The highest BCUT2D eigenvalue weighted by atomic mass is 19.4. The molecule has 0 aliphatic rings. The van der Waals surface area contributed by atoms with Gasteiger partial charge in [-0.1, -0.05) is 72.8 Å². The zero-order chi connectivity index (χ0) is 27.6. The van der Waals surface area contributed by atoms with Crippen molar-refractivity contribution in [3.63, 3.8) is 0 Å². The van der Waals surface area contributed by atoms with Crippen molar-refractivity contribution in [1.82, 2.24) is 0 Å². The van der Waals surface area contributed by atoms with Gasteiger partial charge in [-0.3, -0.25) is 9.59 Å². The van der Waals surface area contributed by atoms with Gasteiger partial charge in [-0.2, -0.15) is 13.2 Å². The van der Waals surface area contributed by atoms with Gasteiger partial charge in [0.1, 0.15) is 23.0 Å². The normalized spacial score (nSPS) is 11.5. The molecule has 4 aromatic carbocycles. The molecule has 5 rings (SSSR count). The fraction of sp³-hybridized carbons (Fsp3) is 0.0968. The lowest BCUT2D eigenvalue weighted by Gasteiger charge is -2.17. The van der Waals surface area contributed by atoms with Crippen molar-refractivity contribution in [2.45, 2.75) is 19.0 Å². The largest absolute Gasteiger partial charge is 0.453 e. The Morgan fingerprint density at radius 2 is 1.44 bits per heavy atom. The highest BCUT2D eigenvalue weighted by Gasteiger charge is 2.40. The van der Waals surface area contributed by atoms with E-state index in [9.17, 15) is 22.8 Å². The molecule has 0 unspecified atom stereocenters. The maximum Gasteiger partial charge on any atom is 0.453 e. The summed E-state index contributed by atoms with van der Waals surface area (Å²) in [5.74, 6) is -4.01. The van der Waals surface area contributed by atoms with Crippen molar-refractivity contribution in [2.24, 2.45) is 0 Å². The van der Waals surface area contributed by atoms with Crippen molar-refractivity contribution in [1.29, 1.82) is 0 Å². The fourth-order valence-electron chi connectivity index (χ4n) is 4.23. The van der Waals surface area contributed by atoms with Crippen LogP contribution in [0.3, 0.4) is 0 Å². The number of fused-ring (bicyclic) bond motifs is 1. The van der Waals surface area contributed by atoms with Gasteiger partial charge in [-0.05, 0) is 47.9 Å². The molecular formula is C31H21F3O5. The zero-order valence-corrected chi connectivity index (χ0v) is 20.6. The summed E-state index contributed by atoms with van der Waals surface area (Å²) in [6.45, 7) is 1.74. The van der Waals surface area contributed by atoms with Crippen LogP contribution in [-0.4, -0.2) is 5.97 Å². The fourth-order valence-corrected chi connectivity index (χ4v) is 4.23. The number of carbonyl (C=O) groups is 1. The average Bonchev–Trinajstić information content (AvgIpc) is 2.91. The number of ether oxygens (including phenoxy) is 2. The number of rotatable bonds is 6. The van der Waals surface area contributed by atoms with E-state index in [-0.39, 0.29) is 16.9 Å². The SMILES string of the molecule is Cc1cccc(Oc2c(C(F)(F)F)oc3cc(OC(=O)C(c4ccccc4)c4ccccc4)ccc3c2=O)c1.